The molecule has 0 radical (unpaired) electrons. The van der Waals surface area contributed by atoms with Gasteiger partial charge in [0.1, 0.15) is 12.4 Å². The number of ether oxygens (including phenoxy) is 2. The van der Waals surface area contributed by atoms with Crippen LogP contribution >= 0.6 is 0 Å². The van der Waals surface area contributed by atoms with Crippen LogP contribution in [-0.2, 0) is 6.61 Å². The van der Waals surface area contributed by atoms with Gasteiger partial charge in [0.2, 0.25) is 11.7 Å². The van der Waals surface area contributed by atoms with Crippen molar-refractivity contribution < 1.29 is 18.4 Å². The topological polar surface area (TPSA) is 57.4 Å². The fraction of sp³-hybridized carbons (Fsp3) is 0.176. The summed E-state index contributed by atoms with van der Waals surface area (Å²) in [6.45, 7) is 1.98. The number of hydrogen-bond acceptors (Lipinski definition) is 5. The van der Waals surface area contributed by atoms with Crippen LogP contribution in [0.4, 0.5) is 4.39 Å². The van der Waals surface area contributed by atoms with Crippen molar-refractivity contribution in [1.82, 2.24) is 10.1 Å². The van der Waals surface area contributed by atoms with Crippen molar-refractivity contribution in [2.45, 2.75) is 13.5 Å². The summed E-state index contributed by atoms with van der Waals surface area (Å²) in [6, 6.07) is 12.4. The normalized spacial score (nSPS) is 10.6. The van der Waals surface area contributed by atoms with Crippen LogP contribution in [0.2, 0.25) is 0 Å². The molecule has 1 aromatic heterocycles. The first-order chi connectivity index (χ1) is 11.2. The fourth-order valence-corrected chi connectivity index (χ4v) is 2.12. The van der Waals surface area contributed by atoms with Gasteiger partial charge in [0.25, 0.3) is 0 Å². The second-order valence-electron chi connectivity index (χ2n) is 4.89. The van der Waals surface area contributed by atoms with E-state index < -0.39 is 5.82 Å². The summed E-state index contributed by atoms with van der Waals surface area (Å²) in [7, 11) is 1.46. The summed E-state index contributed by atoms with van der Waals surface area (Å²) in [5.41, 5.74) is 1.20. The number of hydrogen-bond donors (Lipinski definition) is 0. The summed E-state index contributed by atoms with van der Waals surface area (Å²) in [4.78, 5) is 4.04. The van der Waals surface area contributed by atoms with E-state index in [9.17, 15) is 4.39 Å². The predicted molar refractivity (Wildman–Crippen MR) is 81.8 cm³/mol. The molecule has 0 N–H and O–H groups in total. The molecule has 0 fully saturated rings. The van der Waals surface area contributed by atoms with Crippen LogP contribution in [0.15, 0.2) is 47.0 Å². The molecule has 3 aromatic rings. The van der Waals surface area contributed by atoms with Gasteiger partial charge >= 0.3 is 0 Å². The second-order valence-corrected chi connectivity index (χ2v) is 4.89. The number of aromatic nitrogens is 2. The highest BCUT2D eigenvalue weighted by atomic mass is 19.1. The van der Waals surface area contributed by atoms with Crippen LogP contribution in [0.5, 0.6) is 11.5 Å². The zero-order valence-electron chi connectivity index (χ0n) is 12.7. The minimum absolute atomic E-state index is 0.173. The number of nitrogens with zero attached hydrogens (tertiary/aromatic N) is 2. The van der Waals surface area contributed by atoms with E-state index in [1.165, 1.54) is 19.2 Å². The molecule has 0 aliphatic carbocycles. The smallest absolute Gasteiger partial charge is 0.223 e. The summed E-state index contributed by atoms with van der Waals surface area (Å²) < 4.78 is 30.1. The van der Waals surface area contributed by atoms with Gasteiger partial charge < -0.3 is 14.0 Å². The molecule has 0 aliphatic heterocycles. The van der Waals surface area contributed by atoms with Crippen LogP contribution < -0.4 is 9.47 Å². The highest BCUT2D eigenvalue weighted by Gasteiger charge is 2.17. The molecule has 6 heteroatoms. The van der Waals surface area contributed by atoms with Crippen LogP contribution in [0.3, 0.4) is 0 Å². The molecule has 0 saturated carbocycles. The Labute approximate surface area is 132 Å². The van der Waals surface area contributed by atoms with Crippen molar-refractivity contribution in [2.24, 2.45) is 0 Å². The molecular formula is C17H15FN2O3. The van der Waals surface area contributed by atoms with E-state index in [0.29, 0.717) is 24.0 Å². The Hall–Kier alpha value is -2.89. The van der Waals surface area contributed by atoms with E-state index in [1.54, 1.807) is 6.92 Å². The Morgan fingerprint density at radius 2 is 1.91 bits per heavy atom. The number of aryl methyl sites for hydroxylation is 1. The monoisotopic (exact) mass is 314 g/mol. The van der Waals surface area contributed by atoms with Crippen LogP contribution in [-0.4, -0.2) is 17.3 Å². The molecule has 0 spiro atoms. The number of halogens is 1. The Morgan fingerprint density at radius 1 is 1.13 bits per heavy atom. The lowest BCUT2D eigenvalue weighted by molar-refractivity contribution is 0.283. The molecule has 0 atom stereocenters. The molecule has 0 amide bonds. The van der Waals surface area contributed by atoms with Gasteiger partial charge in [-0.05, 0) is 11.6 Å². The van der Waals surface area contributed by atoms with Gasteiger partial charge in [-0.3, -0.25) is 0 Å². The van der Waals surface area contributed by atoms with E-state index in [-0.39, 0.29) is 11.4 Å². The van der Waals surface area contributed by atoms with E-state index >= 15 is 0 Å². The van der Waals surface area contributed by atoms with E-state index in [1.807, 2.05) is 30.3 Å². The highest BCUT2D eigenvalue weighted by Crippen LogP contribution is 2.34. The van der Waals surface area contributed by atoms with Crippen molar-refractivity contribution in [2.75, 3.05) is 7.11 Å². The predicted octanol–water partition coefficient (Wildman–Crippen LogP) is 3.77. The van der Waals surface area contributed by atoms with E-state index in [2.05, 4.69) is 10.1 Å². The summed E-state index contributed by atoms with van der Waals surface area (Å²) in [5.74, 6) is 0.751. The molecule has 2 aromatic carbocycles. The lowest BCUT2D eigenvalue weighted by atomic mass is 10.1. The Balaban J connectivity index is 1.91. The standard InChI is InChI=1S/C17H15FN2O3/c1-11-19-17(20-23-11)13-8-16(15(21-2)9-14(13)18)22-10-12-6-4-3-5-7-12/h3-9H,10H2,1-2H3. The van der Waals surface area contributed by atoms with Crippen molar-refractivity contribution >= 4 is 0 Å². The zero-order valence-corrected chi connectivity index (χ0v) is 12.7. The Morgan fingerprint density at radius 3 is 2.57 bits per heavy atom. The third-order valence-corrected chi connectivity index (χ3v) is 3.26. The third kappa shape index (κ3) is 3.31. The van der Waals surface area contributed by atoms with Gasteiger partial charge in [-0.1, -0.05) is 35.5 Å². The number of methoxy groups -OCH3 is 1. The second kappa shape index (κ2) is 6.48. The average Bonchev–Trinajstić information content (AvgIpc) is 3.00. The van der Waals surface area contributed by atoms with Crippen molar-refractivity contribution in [3.8, 4) is 22.9 Å². The SMILES string of the molecule is COc1cc(F)c(-c2noc(C)n2)cc1OCc1ccccc1. The minimum Gasteiger partial charge on any atom is -0.493 e. The molecule has 0 bridgehead atoms. The van der Waals surface area contributed by atoms with Crippen LogP contribution in [0, 0.1) is 12.7 Å². The molecule has 23 heavy (non-hydrogen) atoms. The van der Waals surface area contributed by atoms with Gasteiger partial charge in [0.15, 0.2) is 11.5 Å². The molecule has 0 saturated heterocycles. The third-order valence-electron chi connectivity index (χ3n) is 3.26. The first-order valence-corrected chi connectivity index (χ1v) is 7.02. The molecule has 1 heterocycles. The van der Waals surface area contributed by atoms with Gasteiger partial charge in [0.05, 0.1) is 12.7 Å². The molecule has 5 nitrogen and oxygen atoms in total. The van der Waals surface area contributed by atoms with Crippen LogP contribution in [0.1, 0.15) is 11.5 Å². The largest absolute Gasteiger partial charge is 0.493 e. The first kappa shape index (κ1) is 15.0. The van der Waals surface area contributed by atoms with Crippen LogP contribution in [0.25, 0.3) is 11.4 Å². The van der Waals surface area contributed by atoms with Gasteiger partial charge in [-0.15, -0.1) is 0 Å². The summed E-state index contributed by atoms with van der Waals surface area (Å²) in [6.07, 6.45) is 0. The Bertz CT molecular complexity index is 803. The number of benzene rings is 2. The average molecular weight is 314 g/mol. The summed E-state index contributed by atoms with van der Waals surface area (Å²) >= 11 is 0. The fourth-order valence-electron chi connectivity index (χ4n) is 2.12. The number of rotatable bonds is 5. The molecule has 3 rings (SSSR count). The maximum absolute atomic E-state index is 14.2. The minimum atomic E-state index is -0.505. The maximum Gasteiger partial charge on any atom is 0.223 e. The molecular weight excluding hydrogens is 299 g/mol. The maximum atomic E-state index is 14.2. The lowest BCUT2D eigenvalue weighted by Crippen LogP contribution is -1.99. The van der Waals surface area contributed by atoms with Crippen molar-refractivity contribution in [1.29, 1.82) is 0 Å². The molecule has 0 unspecified atom stereocenters. The first-order valence-electron chi connectivity index (χ1n) is 7.02. The van der Waals surface area contributed by atoms with Gasteiger partial charge in [-0.25, -0.2) is 4.39 Å². The van der Waals surface area contributed by atoms with Crippen molar-refractivity contribution in [3.05, 3.63) is 59.7 Å². The van der Waals surface area contributed by atoms with E-state index in [0.717, 1.165) is 5.56 Å². The van der Waals surface area contributed by atoms with Gasteiger partial charge in [-0.2, -0.15) is 4.98 Å². The Kier molecular flexibility index (Phi) is 4.23. The molecule has 0 aliphatic rings. The molecule has 118 valence electrons. The quantitative estimate of drug-likeness (QED) is 0.717. The van der Waals surface area contributed by atoms with E-state index in [4.69, 9.17) is 14.0 Å². The zero-order chi connectivity index (χ0) is 16.2. The summed E-state index contributed by atoms with van der Waals surface area (Å²) in [5, 5.41) is 3.74. The van der Waals surface area contributed by atoms with Crippen molar-refractivity contribution in [3.63, 3.8) is 0 Å². The lowest BCUT2D eigenvalue weighted by Gasteiger charge is -2.12. The highest BCUT2D eigenvalue weighted by molar-refractivity contribution is 5.61. The van der Waals surface area contributed by atoms with Gasteiger partial charge in [0, 0.05) is 13.0 Å².